The van der Waals surface area contributed by atoms with Gasteiger partial charge in [0.15, 0.2) is 0 Å². The van der Waals surface area contributed by atoms with Gasteiger partial charge in [0.2, 0.25) is 6.41 Å². The molecule has 0 rings (SSSR count). The fraction of sp³-hybridized carbons (Fsp3) is 0.500. The number of nitrogens with zero attached hydrogens (tertiary/aromatic N) is 1. The smallest absolute Gasteiger partial charge is 0.225 e. The molecule has 0 heterocycles. The van der Waals surface area contributed by atoms with Crippen molar-refractivity contribution in [3.63, 3.8) is 0 Å². The monoisotopic (exact) mass is 157 g/mol. The fourth-order valence-corrected chi connectivity index (χ4v) is 0.528. The minimum absolute atomic E-state index is 0.00852. The maximum Gasteiger partial charge on any atom is 0.225 e. The first-order valence-electron chi connectivity index (χ1n) is 3.11. The number of aliphatic imine (C=N–C) groups is 1. The maximum absolute atomic E-state index is 10.5. The zero-order chi connectivity index (χ0) is 8.69. The second-order valence-corrected chi connectivity index (χ2v) is 1.94. The zero-order valence-corrected chi connectivity index (χ0v) is 6.55. The second-order valence-electron chi connectivity index (χ2n) is 1.94. The highest BCUT2D eigenvalue weighted by atomic mass is 16.1. The van der Waals surface area contributed by atoms with E-state index in [1.807, 2.05) is 0 Å². The molecule has 0 aliphatic carbocycles. The van der Waals surface area contributed by atoms with Crippen molar-refractivity contribution in [3.8, 4) is 0 Å². The van der Waals surface area contributed by atoms with E-state index >= 15 is 0 Å². The number of amides is 1. The SMILES string of the molecule is CN=C(CC(C)=O)NNC=O. The lowest BCUT2D eigenvalue weighted by Crippen LogP contribution is -2.37. The number of rotatable bonds is 4. The Morgan fingerprint density at radius 1 is 1.64 bits per heavy atom. The van der Waals surface area contributed by atoms with Crippen LogP contribution in [0.5, 0.6) is 0 Å². The third-order valence-electron chi connectivity index (χ3n) is 0.962. The van der Waals surface area contributed by atoms with E-state index in [4.69, 9.17) is 0 Å². The third kappa shape index (κ3) is 5.07. The maximum atomic E-state index is 10.5. The van der Waals surface area contributed by atoms with Crippen LogP contribution in [0.25, 0.3) is 0 Å². The van der Waals surface area contributed by atoms with Crippen LogP contribution in [0, 0.1) is 0 Å². The van der Waals surface area contributed by atoms with E-state index in [0.29, 0.717) is 12.2 Å². The molecule has 0 atom stereocenters. The van der Waals surface area contributed by atoms with Crippen molar-refractivity contribution in [2.45, 2.75) is 13.3 Å². The van der Waals surface area contributed by atoms with Gasteiger partial charge < -0.3 is 0 Å². The molecule has 0 spiro atoms. The van der Waals surface area contributed by atoms with Crippen molar-refractivity contribution in [2.75, 3.05) is 7.05 Å². The molecule has 0 fully saturated rings. The number of ketones is 1. The molecule has 0 saturated carbocycles. The summed E-state index contributed by atoms with van der Waals surface area (Å²) in [4.78, 5) is 24.1. The van der Waals surface area contributed by atoms with Crippen molar-refractivity contribution in [1.82, 2.24) is 10.9 Å². The molecule has 0 unspecified atom stereocenters. The van der Waals surface area contributed by atoms with Gasteiger partial charge in [-0.05, 0) is 6.92 Å². The Morgan fingerprint density at radius 3 is 2.64 bits per heavy atom. The summed E-state index contributed by atoms with van der Waals surface area (Å²) in [6.07, 6.45) is 0.683. The molecule has 0 radical (unpaired) electrons. The predicted molar refractivity (Wildman–Crippen MR) is 41.0 cm³/mol. The topological polar surface area (TPSA) is 70.6 Å². The summed E-state index contributed by atoms with van der Waals surface area (Å²) in [6, 6.07) is 0. The second kappa shape index (κ2) is 5.40. The minimum Gasteiger partial charge on any atom is -0.300 e. The number of carbonyl (C=O) groups is 2. The molecular formula is C6H11N3O2. The average Bonchev–Trinajstić information content (AvgIpc) is 1.97. The first kappa shape index (κ1) is 9.61. The van der Waals surface area contributed by atoms with Gasteiger partial charge >= 0.3 is 0 Å². The van der Waals surface area contributed by atoms with E-state index in [1.165, 1.54) is 14.0 Å². The van der Waals surface area contributed by atoms with Gasteiger partial charge in [-0.2, -0.15) is 0 Å². The van der Waals surface area contributed by atoms with E-state index < -0.39 is 0 Å². The Bertz CT molecular complexity index is 177. The Morgan fingerprint density at radius 2 is 2.27 bits per heavy atom. The molecule has 0 aromatic rings. The number of hydrazine groups is 1. The van der Waals surface area contributed by atoms with Crippen molar-refractivity contribution in [2.24, 2.45) is 4.99 Å². The van der Waals surface area contributed by atoms with E-state index in [9.17, 15) is 9.59 Å². The molecule has 0 aliphatic heterocycles. The number of nitrogens with one attached hydrogen (secondary N) is 2. The number of hydrogen-bond acceptors (Lipinski definition) is 3. The molecule has 0 aromatic heterocycles. The van der Waals surface area contributed by atoms with Crippen LogP contribution in [-0.2, 0) is 9.59 Å². The normalized spacial score (nSPS) is 10.5. The van der Waals surface area contributed by atoms with Gasteiger partial charge in [-0.3, -0.25) is 25.4 Å². The largest absolute Gasteiger partial charge is 0.300 e. The Labute approximate surface area is 64.9 Å². The average molecular weight is 157 g/mol. The first-order valence-corrected chi connectivity index (χ1v) is 3.11. The van der Waals surface area contributed by atoms with E-state index in [-0.39, 0.29) is 12.2 Å². The molecule has 2 N–H and O–H groups in total. The van der Waals surface area contributed by atoms with Crippen LogP contribution in [0.2, 0.25) is 0 Å². The summed E-state index contributed by atoms with van der Waals surface area (Å²) in [5.74, 6) is 0.440. The minimum atomic E-state index is -0.00852. The molecule has 0 aliphatic rings. The molecule has 5 nitrogen and oxygen atoms in total. The van der Waals surface area contributed by atoms with Gasteiger partial charge in [0.05, 0.1) is 6.42 Å². The number of hydrogen-bond donors (Lipinski definition) is 2. The lowest BCUT2D eigenvalue weighted by molar-refractivity contribution is -0.116. The van der Waals surface area contributed by atoms with Crippen LogP contribution in [0.3, 0.4) is 0 Å². The van der Waals surface area contributed by atoms with Gasteiger partial charge in [-0.1, -0.05) is 0 Å². The fourth-order valence-electron chi connectivity index (χ4n) is 0.528. The molecule has 0 saturated heterocycles. The highest BCUT2D eigenvalue weighted by molar-refractivity contribution is 5.99. The van der Waals surface area contributed by atoms with Crippen molar-refractivity contribution in [1.29, 1.82) is 0 Å². The molecule has 1 amide bonds. The van der Waals surface area contributed by atoms with Crippen molar-refractivity contribution in [3.05, 3.63) is 0 Å². The summed E-state index contributed by atoms with van der Waals surface area (Å²) in [5.41, 5.74) is 4.65. The summed E-state index contributed by atoms with van der Waals surface area (Å²) >= 11 is 0. The number of Topliss-reactive ketones (excluding diaryl/α,β-unsaturated/α-hetero) is 1. The van der Waals surface area contributed by atoms with Crippen LogP contribution >= 0.6 is 0 Å². The molecule has 5 heteroatoms. The molecule has 62 valence electrons. The Hall–Kier alpha value is -1.39. The molecular weight excluding hydrogens is 146 g/mol. The van der Waals surface area contributed by atoms with Crippen LogP contribution in [0.4, 0.5) is 0 Å². The zero-order valence-electron chi connectivity index (χ0n) is 6.55. The lowest BCUT2D eigenvalue weighted by atomic mass is 10.3. The summed E-state index contributed by atoms with van der Waals surface area (Å²) in [6.45, 7) is 1.45. The van der Waals surface area contributed by atoms with Crippen molar-refractivity contribution < 1.29 is 9.59 Å². The van der Waals surface area contributed by atoms with Crippen LogP contribution in [0.15, 0.2) is 4.99 Å². The van der Waals surface area contributed by atoms with E-state index in [0.717, 1.165) is 0 Å². The highest BCUT2D eigenvalue weighted by Gasteiger charge is 1.99. The Balaban J connectivity index is 3.77. The van der Waals surface area contributed by atoms with E-state index in [2.05, 4.69) is 15.8 Å². The predicted octanol–water partition coefficient (Wildman–Crippen LogP) is -0.756. The summed E-state index contributed by atoms with van der Waals surface area (Å²) < 4.78 is 0. The Kier molecular flexibility index (Phi) is 4.72. The van der Waals surface area contributed by atoms with Crippen molar-refractivity contribution >= 4 is 18.0 Å². The van der Waals surface area contributed by atoms with Gasteiger partial charge in [0.25, 0.3) is 0 Å². The van der Waals surface area contributed by atoms with Crippen LogP contribution in [-0.4, -0.2) is 25.1 Å². The first-order chi connectivity index (χ1) is 5.20. The van der Waals surface area contributed by atoms with Gasteiger partial charge in [0, 0.05) is 7.05 Å². The van der Waals surface area contributed by atoms with Gasteiger partial charge in [-0.25, -0.2) is 0 Å². The van der Waals surface area contributed by atoms with Crippen LogP contribution < -0.4 is 10.9 Å². The number of carbonyl (C=O) groups excluding carboxylic acids is 2. The van der Waals surface area contributed by atoms with E-state index in [1.54, 1.807) is 0 Å². The van der Waals surface area contributed by atoms with Gasteiger partial charge in [-0.15, -0.1) is 0 Å². The van der Waals surface area contributed by atoms with Gasteiger partial charge in [0.1, 0.15) is 11.6 Å². The van der Waals surface area contributed by atoms with Crippen LogP contribution in [0.1, 0.15) is 13.3 Å². The highest BCUT2D eigenvalue weighted by Crippen LogP contribution is 1.82. The summed E-state index contributed by atoms with van der Waals surface area (Å²) in [7, 11) is 1.54. The number of amidine groups is 1. The standard InChI is InChI=1S/C6H11N3O2/c1-5(11)3-6(7-2)9-8-4-10/h4H,3H2,1-2H3,(H,7,9)(H,8,10). The molecule has 0 bridgehead atoms. The quantitative estimate of drug-likeness (QED) is 0.244. The summed E-state index contributed by atoms with van der Waals surface area (Å²) in [5, 5.41) is 0. The molecule has 0 aromatic carbocycles. The third-order valence-corrected chi connectivity index (χ3v) is 0.962. The lowest BCUT2D eigenvalue weighted by Gasteiger charge is -2.04. The molecule has 11 heavy (non-hydrogen) atoms.